The first-order chi connectivity index (χ1) is 12.9. The Balaban J connectivity index is 1.54. The number of anilines is 2. The maximum atomic E-state index is 12.6. The van der Waals surface area contributed by atoms with E-state index in [1.54, 1.807) is 0 Å². The Kier molecular flexibility index (Phi) is 6.76. The molecule has 0 saturated heterocycles. The zero-order valence-electron chi connectivity index (χ0n) is 16.4. The summed E-state index contributed by atoms with van der Waals surface area (Å²) in [4.78, 5) is 12.6. The monoisotopic (exact) mass is 404 g/mol. The van der Waals surface area contributed by atoms with Crippen LogP contribution in [0.25, 0.3) is 0 Å². The number of hydrogen-bond acceptors (Lipinski definition) is 6. The Hall–Kier alpha value is -1.60. The molecule has 3 rings (SSSR count). The van der Waals surface area contributed by atoms with Gasteiger partial charge in [-0.15, -0.1) is 10.2 Å². The number of rotatable bonds is 6. The van der Waals surface area contributed by atoms with E-state index in [9.17, 15) is 4.79 Å². The fraction of sp³-hybridized carbons (Fsp3) is 0.550. The third-order valence-corrected chi connectivity index (χ3v) is 7.38. The van der Waals surface area contributed by atoms with Crippen LogP contribution in [0.1, 0.15) is 45.6 Å². The second-order valence-electron chi connectivity index (χ2n) is 7.51. The molecule has 5 nitrogen and oxygen atoms in total. The third-order valence-electron chi connectivity index (χ3n) is 5.36. The van der Waals surface area contributed by atoms with Crippen LogP contribution >= 0.6 is 23.1 Å². The number of thioether (sulfide) groups is 1. The molecule has 4 atom stereocenters. The van der Waals surface area contributed by atoms with Gasteiger partial charge in [-0.2, -0.15) is 0 Å². The number of carbonyl (C=O) groups is 1. The smallest absolute Gasteiger partial charge is 0.233 e. The van der Waals surface area contributed by atoms with E-state index < -0.39 is 0 Å². The van der Waals surface area contributed by atoms with E-state index in [4.69, 9.17) is 0 Å². The molecule has 1 saturated carbocycles. The minimum atomic E-state index is -0.186. The van der Waals surface area contributed by atoms with Gasteiger partial charge < -0.3 is 10.6 Å². The molecule has 146 valence electrons. The first-order valence-electron chi connectivity index (χ1n) is 9.56. The highest BCUT2D eigenvalue weighted by molar-refractivity contribution is 8.02. The fourth-order valence-corrected chi connectivity index (χ4v) is 5.37. The molecule has 2 N–H and O–H groups in total. The summed E-state index contributed by atoms with van der Waals surface area (Å²) in [7, 11) is 0. The van der Waals surface area contributed by atoms with Crippen molar-refractivity contribution in [2.75, 3.05) is 5.32 Å². The topological polar surface area (TPSA) is 66.9 Å². The molecular formula is C20H28N4OS2. The molecule has 7 heteroatoms. The summed E-state index contributed by atoms with van der Waals surface area (Å²) in [5.74, 6) is 1.30. The van der Waals surface area contributed by atoms with E-state index in [0.29, 0.717) is 11.8 Å². The number of nitrogens with zero attached hydrogens (tertiary/aromatic N) is 2. The van der Waals surface area contributed by atoms with Crippen LogP contribution in [0.2, 0.25) is 0 Å². The zero-order valence-corrected chi connectivity index (χ0v) is 18.0. The van der Waals surface area contributed by atoms with Gasteiger partial charge in [-0.05, 0) is 49.8 Å². The van der Waals surface area contributed by atoms with Gasteiger partial charge in [0.25, 0.3) is 0 Å². The van der Waals surface area contributed by atoms with Crippen LogP contribution in [0.15, 0.2) is 28.6 Å². The van der Waals surface area contributed by atoms with Crippen molar-refractivity contribution in [1.82, 2.24) is 15.5 Å². The van der Waals surface area contributed by atoms with Crippen LogP contribution in [0, 0.1) is 18.8 Å². The van der Waals surface area contributed by atoms with Crippen LogP contribution in [0.4, 0.5) is 10.8 Å². The molecular weight excluding hydrogens is 376 g/mol. The van der Waals surface area contributed by atoms with Crippen LogP contribution in [-0.2, 0) is 4.79 Å². The van der Waals surface area contributed by atoms with Gasteiger partial charge in [0.15, 0.2) is 4.34 Å². The van der Waals surface area contributed by atoms with Crippen molar-refractivity contribution >= 4 is 39.8 Å². The summed E-state index contributed by atoms with van der Waals surface area (Å²) in [5.41, 5.74) is 2.18. The highest BCUT2D eigenvalue weighted by Gasteiger charge is 2.29. The molecule has 0 bridgehead atoms. The van der Waals surface area contributed by atoms with E-state index >= 15 is 0 Å². The summed E-state index contributed by atoms with van der Waals surface area (Å²) >= 11 is 2.95. The summed E-state index contributed by atoms with van der Waals surface area (Å²) in [6, 6.07) is 8.42. The van der Waals surface area contributed by atoms with E-state index in [2.05, 4.69) is 53.7 Å². The SMILES string of the molecule is Cc1cccc(Nc2nnc(S[C@H](C)C(=O)N[C@H]3CCC[C@H](C)[C@H]3C)s2)c1. The summed E-state index contributed by atoms with van der Waals surface area (Å²) in [6.45, 7) is 8.53. The van der Waals surface area contributed by atoms with E-state index in [-0.39, 0.29) is 17.2 Å². The average Bonchev–Trinajstić information content (AvgIpc) is 3.05. The van der Waals surface area contributed by atoms with Gasteiger partial charge in [0.2, 0.25) is 11.0 Å². The number of aryl methyl sites for hydroxylation is 1. The molecule has 27 heavy (non-hydrogen) atoms. The maximum absolute atomic E-state index is 12.6. The van der Waals surface area contributed by atoms with Gasteiger partial charge in [-0.3, -0.25) is 4.79 Å². The lowest BCUT2D eigenvalue weighted by atomic mass is 9.78. The Morgan fingerprint density at radius 3 is 2.89 bits per heavy atom. The minimum Gasteiger partial charge on any atom is -0.352 e. The normalized spacial score (nSPS) is 23.6. The number of hydrogen-bond donors (Lipinski definition) is 2. The second-order valence-corrected chi connectivity index (χ2v) is 10.1. The molecule has 0 unspecified atom stereocenters. The highest BCUT2D eigenvalue weighted by Crippen LogP contribution is 2.32. The standard InChI is InChI=1S/C20H28N4OS2/c1-12-7-5-9-16(11-12)21-19-23-24-20(27-19)26-15(4)18(25)22-17-10-6-8-13(2)14(17)3/h5,7,9,11,13-15,17H,6,8,10H2,1-4H3,(H,21,23)(H,22,25)/t13-,14+,15+,17-/m0/s1. The first-order valence-corrected chi connectivity index (χ1v) is 11.3. The molecule has 1 aromatic heterocycles. The molecule has 1 amide bonds. The number of carbonyl (C=O) groups excluding carboxylic acids is 1. The zero-order chi connectivity index (χ0) is 19.4. The van der Waals surface area contributed by atoms with Crippen molar-refractivity contribution in [2.45, 2.75) is 62.6 Å². The lowest BCUT2D eigenvalue weighted by Gasteiger charge is -2.35. The van der Waals surface area contributed by atoms with E-state index in [1.165, 1.54) is 41.5 Å². The van der Waals surface area contributed by atoms with Gasteiger partial charge >= 0.3 is 0 Å². The Morgan fingerprint density at radius 2 is 2.11 bits per heavy atom. The van der Waals surface area contributed by atoms with Gasteiger partial charge in [-0.25, -0.2) is 0 Å². The molecule has 1 aliphatic rings. The van der Waals surface area contributed by atoms with Crippen LogP contribution in [0.3, 0.4) is 0 Å². The average molecular weight is 405 g/mol. The number of benzene rings is 1. The Bertz CT molecular complexity index is 779. The molecule has 0 radical (unpaired) electrons. The predicted octanol–water partition coefficient (Wildman–Crippen LogP) is 5.01. The van der Waals surface area contributed by atoms with Crippen molar-refractivity contribution < 1.29 is 4.79 Å². The minimum absolute atomic E-state index is 0.0920. The van der Waals surface area contributed by atoms with E-state index in [0.717, 1.165) is 21.6 Å². The second kappa shape index (κ2) is 9.06. The first kappa shape index (κ1) is 20.1. The highest BCUT2D eigenvalue weighted by atomic mass is 32.2. The van der Waals surface area contributed by atoms with Gasteiger partial charge in [0.05, 0.1) is 5.25 Å². The number of aromatic nitrogens is 2. The number of nitrogens with one attached hydrogen (secondary N) is 2. The lowest BCUT2D eigenvalue weighted by molar-refractivity contribution is -0.121. The Labute approximate surface area is 169 Å². The van der Waals surface area contributed by atoms with Crippen molar-refractivity contribution in [3.05, 3.63) is 29.8 Å². The third kappa shape index (κ3) is 5.45. The van der Waals surface area contributed by atoms with E-state index in [1.807, 2.05) is 19.1 Å². The fourth-order valence-electron chi connectivity index (χ4n) is 3.44. The van der Waals surface area contributed by atoms with Gasteiger partial charge in [0.1, 0.15) is 0 Å². The largest absolute Gasteiger partial charge is 0.352 e. The summed E-state index contributed by atoms with van der Waals surface area (Å²) in [6.07, 6.45) is 3.54. The van der Waals surface area contributed by atoms with Crippen molar-refractivity contribution in [3.63, 3.8) is 0 Å². The van der Waals surface area contributed by atoms with Crippen molar-refractivity contribution in [3.8, 4) is 0 Å². The molecule has 2 aromatic rings. The Morgan fingerprint density at radius 1 is 1.30 bits per heavy atom. The number of amides is 1. The van der Waals surface area contributed by atoms with Crippen LogP contribution in [-0.4, -0.2) is 27.4 Å². The van der Waals surface area contributed by atoms with Crippen molar-refractivity contribution in [2.24, 2.45) is 11.8 Å². The molecule has 1 aromatic carbocycles. The van der Waals surface area contributed by atoms with Crippen LogP contribution < -0.4 is 10.6 Å². The lowest BCUT2D eigenvalue weighted by Crippen LogP contribution is -2.46. The molecule has 0 aliphatic heterocycles. The summed E-state index contributed by atoms with van der Waals surface area (Å²) < 4.78 is 0.804. The molecule has 1 aliphatic carbocycles. The molecule has 1 fully saturated rings. The maximum Gasteiger partial charge on any atom is 0.233 e. The van der Waals surface area contributed by atoms with Gasteiger partial charge in [0, 0.05) is 11.7 Å². The predicted molar refractivity (Wildman–Crippen MR) is 114 cm³/mol. The molecule has 1 heterocycles. The van der Waals surface area contributed by atoms with Gasteiger partial charge in [-0.1, -0.05) is 61.9 Å². The summed E-state index contributed by atoms with van der Waals surface area (Å²) in [5, 5.41) is 15.5. The van der Waals surface area contributed by atoms with Crippen LogP contribution in [0.5, 0.6) is 0 Å². The van der Waals surface area contributed by atoms with Crippen molar-refractivity contribution in [1.29, 1.82) is 0 Å². The quantitative estimate of drug-likeness (QED) is 0.662. The molecule has 0 spiro atoms.